The van der Waals surface area contributed by atoms with E-state index in [1.165, 1.54) is 199 Å². The lowest BCUT2D eigenvalue weighted by molar-refractivity contribution is -0.154. The van der Waals surface area contributed by atoms with Crippen molar-refractivity contribution < 1.29 is 43.0 Å². The molecule has 0 heterocycles. The molecule has 0 aliphatic heterocycles. The van der Waals surface area contributed by atoms with Crippen LogP contribution in [0.15, 0.2) is 12.2 Å². The molecule has 0 fully saturated rings. The fourth-order valence-electron chi connectivity index (χ4n) is 7.53. The van der Waals surface area contributed by atoms with Crippen LogP contribution in [0.2, 0.25) is 0 Å². The van der Waals surface area contributed by atoms with Crippen LogP contribution in [0.5, 0.6) is 0 Å². The van der Waals surface area contributed by atoms with Crippen molar-refractivity contribution in [2.24, 2.45) is 0 Å². The second kappa shape index (κ2) is 47.7. The lowest BCUT2D eigenvalue weighted by atomic mass is 10.0. The zero-order chi connectivity index (χ0) is 43.9. The van der Waals surface area contributed by atoms with Gasteiger partial charge in [0.25, 0.3) is 0 Å². The molecule has 0 aliphatic rings. The van der Waals surface area contributed by atoms with Crippen LogP contribution in [0.1, 0.15) is 258 Å². The number of rotatable bonds is 50. The van der Waals surface area contributed by atoms with E-state index in [2.05, 4.69) is 26.0 Å². The molecule has 0 aromatic heterocycles. The number of phosphoric ester groups is 1. The van der Waals surface area contributed by atoms with E-state index in [4.69, 9.17) is 23.6 Å². The summed E-state index contributed by atoms with van der Waals surface area (Å²) >= 11 is 0. The van der Waals surface area contributed by atoms with Gasteiger partial charge in [0, 0.05) is 13.0 Å². The summed E-state index contributed by atoms with van der Waals surface area (Å²) in [6.07, 6.45) is 50.3. The van der Waals surface area contributed by atoms with Gasteiger partial charge < -0.3 is 24.6 Å². The van der Waals surface area contributed by atoms with Crippen molar-refractivity contribution >= 4 is 13.8 Å². The van der Waals surface area contributed by atoms with E-state index in [1.54, 1.807) is 0 Å². The van der Waals surface area contributed by atoms with Crippen molar-refractivity contribution in [3.05, 3.63) is 12.2 Å². The minimum Gasteiger partial charge on any atom is -0.457 e. The van der Waals surface area contributed by atoms with Crippen LogP contribution in [0, 0.1) is 0 Å². The average Bonchev–Trinajstić information content (AvgIpc) is 3.24. The average molecular weight is 875 g/mol. The summed E-state index contributed by atoms with van der Waals surface area (Å²) < 4.78 is 33.5. The molecule has 3 unspecified atom stereocenters. The maximum Gasteiger partial charge on any atom is 0.472 e. The summed E-state index contributed by atoms with van der Waals surface area (Å²) in [6, 6.07) is 0. The number of carbonyl (C=O) groups is 1. The molecule has 0 spiro atoms. The molecule has 0 rings (SSSR count). The molecule has 0 aliphatic carbocycles. The van der Waals surface area contributed by atoms with Crippen LogP contribution in [0.25, 0.3) is 0 Å². The molecule has 0 saturated heterocycles. The first-order chi connectivity index (χ1) is 29.3. The standard InChI is InChI=1S/C50H99O9P/c1-3-5-7-9-11-13-15-17-19-21-23-24-25-26-28-30-32-34-36-38-40-42-50(53)59-49(47-58-60(54,55)57-45-48(52)44-51)46-56-43-41-39-37-35-33-31-29-27-22-20-18-16-14-12-10-8-6-4-2/h18,20,48-49,51-52H,3-17,19,21-47H2,1-2H3,(H,54,55)/b20-18-. The fourth-order valence-corrected chi connectivity index (χ4v) is 8.32. The topological polar surface area (TPSA) is 132 Å². The largest absolute Gasteiger partial charge is 0.472 e. The molecular formula is C50H99O9P. The van der Waals surface area contributed by atoms with Gasteiger partial charge in [-0.3, -0.25) is 13.8 Å². The lowest BCUT2D eigenvalue weighted by Gasteiger charge is -2.20. The number of unbranched alkanes of at least 4 members (excludes halogenated alkanes) is 34. The van der Waals surface area contributed by atoms with Crippen LogP contribution in [-0.4, -0.2) is 66.3 Å². The molecule has 0 bridgehead atoms. The number of allylic oxidation sites excluding steroid dienone is 2. The summed E-state index contributed by atoms with van der Waals surface area (Å²) in [5.41, 5.74) is 0. The fraction of sp³-hybridized carbons (Fsp3) is 0.940. The predicted octanol–water partition coefficient (Wildman–Crippen LogP) is 14.8. The van der Waals surface area contributed by atoms with E-state index in [-0.39, 0.29) is 25.6 Å². The molecule has 9 nitrogen and oxygen atoms in total. The first-order valence-corrected chi connectivity index (χ1v) is 27.2. The minimum atomic E-state index is -4.52. The van der Waals surface area contributed by atoms with Crippen molar-refractivity contribution in [2.75, 3.05) is 33.0 Å². The molecule has 0 aromatic carbocycles. The zero-order valence-electron chi connectivity index (χ0n) is 39.5. The minimum absolute atomic E-state index is 0.0533. The van der Waals surface area contributed by atoms with Gasteiger partial charge in [-0.1, -0.05) is 225 Å². The highest BCUT2D eigenvalue weighted by Gasteiger charge is 2.26. The molecule has 0 saturated carbocycles. The zero-order valence-corrected chi connectivity index (χ0v) is 40.3. The van der Waals surface area contributed by atoms with E-state index in [9.17, 15) is 19.4 Å². The number of hydrogen-bond donors (Lipinski definition) is 3. The van der Waals surface area contributed by atoms with Gasteiger partial charge in [0.1, 0.15) is 12.2 Å². The summed E-state index contributed by atoms with van der Waals surface area (Å²) in [6.45, 7) is 3.57. The molecule has 0 radical (unpaired) electrons. The number of carbonyl (C=O) groups excluding carboxylic acids is 1. The maximum atomic E-state index is 12.7. The summed E-state index contributed by atoms with van der Waals surface area (Å²) in [5.74, 6) is -0.376. The Kier molecular flexibility index (Phi) is 47.0. The summed E-state index contributed by atoms with van der Waals surface area (Å²) in [5, 5.41) is 18.4. The third-order valence-electron chi connectivity index (χ3n) is 11.5. The SMILES string of the molecule is CCCCCCCC/C=C\CCCCCCCCCCOCC(COP(=O)(O)OCC(O)CO)OC(=O)CCCCCCCCCCCCCCCCCCCCCCC. The van der Waals surface area contributed by atoms with E-state index in [0.29, 0.717) is 6.61 Å². The molecule has 3 atom stereocenters. The number of hydrogen-bond acceptors (Lipinski definition) is 8. The van der Waals surface area contributed by atoms with Gasteiger partial charge in [0.15, 0.2) is 0 Å². The monoisotopic (exact) mass is 875 g/mol. The molecule has 3 N–H and O–H groups in total. The van der Waals surface area contributed by atoms with E-state index >= 15 is 0 Å². The highest BCUT2D eigenvalue weighted by atomic mass is 31.2. The van der Waals surface area contributed by atoms with Gasteiger partial charge in [-0.15, -0.1) is 0 Å². The van der Waals surface area contributed by atoms with Crippen LogP contribution in [0.3, 0.4) is 0 Å². The van der Waals surface area contributed by atoms with Crippen LogP contribution >= 0.6 is 7.82 Å². The van der Waals surface area contributed by atoms with E-state index in [0.717, 1.165) is 38.5 Å². The Labute approximate surface area is 370 Å². The van der Waals surface area contributed by atoms with E-state index < -0.39 is 33.2 Å². The molecular weight excluding hydrogens is 776 g/mol. The van der Waals surface area contributed by atoms with Gasteiger partial charge >= 0.3 is 13.8 Å². The quantitative estimate of drug-likeness (QED) is 0.0236. The molecule has 358 valence electrons. The Morgan fingerprint density at radius 1 is 0.500 bits per heavy atom. The van der Waals surface area contributed by atoms with Crippen LogP contribution in [-0.2, 0) is 27.9 Å². The lowest BCUT2D eigenvalue weighted by Crippen LogP contribution is -2.29. The normalized spacial score (nSPS) is 13.9. The van der Waals surface area contributed by atoms with Gasteiger partial charge in [-0.25, -0.2) is 4.57 Å². The third-order valence-corrected chi connectivity index (χ3v) is 12.4. The van der Waals surface area contributed by atoms with Crippen molar-refractivity contribution in [3.8, 4) is 0 Å². The van der Waals surface area contributed by atoms with Crippen LogP contribution in [0.4, 0.5) is 0 Å². The number of aliphatic hydroxyl groups excluding tert-OH is 2. The highest BCUT2D eigenvalue weighted by molar-refractivity contribution is 7.47. The van der Waals surface area contributed by atoms with Gasteiger partial charge in [-0.05, 0) is 38.5 Å². The van der Waals surface area contributed by atoms with Crippen molar-refractivity contribution in [3.63, 3.8) is 0 Å². The van der Waals surface area contributed by atoms with Crippen LogP contribution < -0.4 is 0 Å². The molecule has 0 aromatic rings. The van der Waals surface area contributed by atoms with Crippen molar-refractivity contribution in [1.82, 2.24) is 0 Å². The highest BCUT2D eigenvalue weighted by Crippen LogP contribution is 2.43. The molecule has 10 heteroatoms. The van der Waals surface area contributed by atoms with Crippen molar-refractivity contribution in [2.45, 2.75) is 270 Å². The number of phosphoric acid groups is 1. The number of esters is 1. The maximum absolute atomic E-state index is 12.7. The Hall–Kier alpha value is -0.800. The van der Waals surface area contributed by atoms with Crippen molar-refractivity contribution in [1.29, 1.82) is 0 Å². The Bertz CT molecular complexity index is 949. The third kappa shape index (κ3) is 46.7. The smallest absolute Gasteiger partial charge is 0.457 e. The van der Waals surface area contributed by atoms with E-state index in [1.807, 2.05) is 0 Å². The molecule has 0 amide bonds. The molecule has 60 heavy (non-hydrogen) atoms. The van der Waals surface area contributed by atoms with Gasteiger partial charge in [-0.2, -0.15) is 0 Å². The second-order valence-electron chi connectivity index (χ2n) is 17.5. The van der Waals surface area contributed by atoms with Gasteiger partial charge in [0.2, 0.25) is 0 Å². The summed E-state index contributed by atoms with van der Waals surface area (Å²) in [4.78, 5) is 22.7. The Morgan fingerprint density at radius 3 is 1.25 bits per heavy atom. The first kappa shape index (κ1) is 59.2. The Morgan fingerprint density at radius 2 is 0.850 bits per heavy atom. The Balaban J connectivity index is 4.03. The number of ether oxygens (including phenoxy) is 2. The second-order valence-corrected chi connectivity index (χ2v) is 19.0. The predicted molar refractivity (Wildman–Crippen MR) is 251 cm³/mol. The first-order valence-electron chi connectivity index (χ1n) is 25.7. The van der Waals surface area contributed by atoms with Gasteiger partial charge in [0.05, 0.1) is 26.4 Å². The summed E-state index contributed by atoms with van der Waals surface area (Å²) in [7, 11) is -4.52. The number of aliphatic hydroxyl groups is 2.